The minimum absolute atomic E-state index is 0.0469. The van der Waals surface area contributed by atoms with E-state index in [2.05, 4.69) is 15.5 Å². The Labute approximate surface area is 93.2 Å². The summed E-state index contributed by atoms with van der Waals surface area (Å²) in [6, 6.07) is 3.15. The van der Waals surface area contributed by atoms with Gasteiger partial charge in [-0.2, -0.15) is 0 Å². The van der Waals surface area contributed by atoms with Crippen molar-refractivity contribution in [2.75, 3.05) is 12.3 Å². The van der Waals surface area contributed by atoms with Crippen LogP contribution in [0.4, 0.5) is 5.82 Å². The highest BCUT2D eigenvalue weighted by atomic mass is 16.5. The van der Waals surface area contributed by atoms with Crippen LogP contribution in [0, 0.1) is 0 Å². The maximum Gasteiger partial charge on any atom is 0.272 e. The number of nitrogens with two attached hydrogens (primary N) is 1. The van der Waals surface area contributed by atoms with E-state index in [0.29, 0.717) is 12.4 Å². The zero-order chi connectivity index (χ0) is 11.5. The molecule has 86 valence electrons. The third-order valence-corrected chi connectivity index (χ3v) is 2.61. The number of aromatic nitrogens is 2. The number of anilines is 1. The van der Waals surface area contributed by atoms with Crippen LogP contribution < -0.4 is 11.1 Å². The molecular weight excluding hydrogens is 208 g/mol. The molecule has 2 unspecified atom stereocenters. The van der Waals surface area contributed by atoms with E-state index in [1.165, 1.54) is 0 Å². The third kappa shape index (κ3) is 2.27. The van der Waals surface area contributed by atoms with E-state index < -0.39 is 0 Å². The fourth-order valence-electron chi connectivity index (χ4n) is 1.63. The maximum absolute atomic E-state index is 11.7. The topological polar surface area (TPSA) is 90.1 Å². The predicted molar refractivity (Wildman–Crippen MR) is 57.7 cm³/mol. The highest BCUT2D eigenvalue weighted by Crippen LogP contribution is 2.13. The Morgan fingerprint density at radius 3 is 2.94 bits per heavy atom. The second-order valence-electron chi connectivity index (χ2n) is 3.79. The first-order chi connectivity index (χ1) is 7.66. The lowest BCUT2D eigenvalue weighted by atomic mass is 10.1. The molecule has 0 bridgehead atoms. The number of nitrogens with zero attached hydrogens (tertiary/aromatic N) is 2. The lowest BCUT2D eigenvalue weighted by Gasteiger charge is -2.15. The molecule has 6 heteroatoms. The smallest absolute Gasteiger partial charge is 0.272 e. The van der Waals surface area contributed by atoms with E-state index in [1.807, 2.05) is 6.92 Å². The first-order valence-corrected chi connectivity index (χ1v) is 5.18. The molecule has 2 atom stereocenters. The van der Waals surface area contributed by atoms with E-state index in [0.717, 1.165) is 6.42 Å². The number of ether oxygens (including phenoxy) is 1. The largest absolute Gasteiger partial charge is 0.382 e. The fraction of sp³-hybridized carbons (Fsp3) is 0.500. The number of hydrogen-bond acceptors (Lipinski definition) is 5. The van der Waals surface area contributed by atoms with Crippen molar-refractivity contribution in [3.8, 4) is 0 Å². The number of hydrogen-bond donors (Lipinski definition) is 2. The second kappa shape index (κ2) is 4.44. The molecule has 3 N–H and O–H groups in total. The van der Waals surface area contributed by atoms with E-state index in [-0.39, 0.29) is 23.7 Å². The Bertz CT molecular complexity index is 379. The number of carbonyl (C=O) groups excluding carboxylic acids is 1. The highest BCUT2D eigenvalue weighted by molar-refractivity contribution is 5.92. The molecule has 1 aromatic rings. The van der Waals surface area contributed by atoms with Gasteiger partial charge in [0.15, 0.2) is 5.69 Å². The molecule has 2 rings (SSSR count). The zero-order valence-electron chi connectivity index (χ0n) is 9.01. The van der Waals surface area contributed by atoms with E-state index in [9.17, 15) is 4.79 Å². The van der Waals surface area contributed by atoms with E-state index in [4.69, 9.17) is 10.5 Å². The van der Waals surface area contributed by atoms with Crippen LogP contribution in [0.1, 0.15) is 23.8 Å². The second-order valence-corrected chi connectivity index (χ2v) is 3.79. The van der Waals surface area contributed by atoms with Gasteiger partial charge in [0, 0.05) is 6.61 Å². The molecule has 1 aliphatic heterocycles. The third-order valence-electron chi connectivity index (χ3n) is 2.61. The number of amides is 1. The van der Waals surface area contributed by atoms with Crippen LogP contribution in [-0.4, -0.2) is 34.9 Å². The van der Waals surface area contributed by atoms with Crippen molar-refractivity contribution >= 4 is 11.7 Å². The summed E-state index contributed by atoms with van der Waals surface area (Å²) in [5, 5.41) is 10.2. The quantitative estimate of drug-likeness (QED) is 0.733. The standard InChI is InChI=1S/C10H14N4O2/c1-6-7(4-5-16-6)12-10(15)8-2-3-9(11)14-13-8/h2-3,6-7H,4-5H2,1H3,(H2,11,14)(H,12,15). The number of carbonyl (C=O) groups is 1. The molecule has 1 aliphatic rings. The van der Waals surface area contributed by atoms with Crippen molar-refractivity contribution < 1.29 is 9.53 Å². The SMILES string of the molecule is CC1OCCC1NC(=O)c1ccc(N)nn1. The number of nitrogen functional groups attached to an aromatic ring is 1. The minimum atomic E-state index is -0.241. The van der Waals surface area contributed by atoms with Crippen molar-refractivity contribution in [1.82, 2.24) is 15.5 Å². The number of nitrogens with one attached hydrogen (secondary N) is 1. The Hall–Kier alpha value is -1.69. The molecule has 1 aromatic heterocycles. The summed E-state index contributed by atoms with van der Waals surface area (Å²) in [5.74, 6) is 0.0592. The molecule has 0 saturated carbocycles. The van der Waals surface area contributed by atoms with Gasteiger partial charge in [-0.05, 0) is 25.5 Å². The first-order valence-electron chi connectivity index (χ1n) is 5.18. The maximum atomic E-state index is 11.7. The van der Waals surface area contributed by atoms with Gasteiger partial charge in [-0.3, -0.25) is 4.79 Å². The normalized spacial score (nSPS) is 24.3. The summed E-state index contributed by atoms with van der Waals surface area (Å²) in [6.45, 7) is 2.62. The molecule has 0 spiro atoms. The molecule has 1 saturated heterocycles. The number of rotatable bonds is 2. The molecule has 1 fully saturated rings. The fourth-order valence-corrected chi connectivity index (χ4v) is 1.63. The van der Waals surface area contributed by atoms with Crippen molar-refractivity contribution in [1.29, 1.82) is 0 Å². The lowest BCUT2D eigenvalue weighted by Crippen LogP contribution is -2.39. The van der Waals surface area contributed by atoms with Crippen LogP contribution in [0.3, 0.4) is 0 Å². The summed E-state index contributed by atoms with van der Waals surface area (Å²) < 4.78 is 5.35. The van der Waals surface area contributed by atoms with Gasteiger partial charge < -0.3 is 15.8 Å². The molecule has 0 aromatic carbocycles. The van der Waals surface area contributed by atoms with Gasteiger partial charge in [0.25, 0.3) is 5.91 Å². The molecule has 2 heterocycles. The van der Waals surface area contributed by atoms with Crippen LogP contribution >= 0.6 is 0 Å². The minimum Gasteiger partial charge on any atom is -0.382 e. The van der Waals surface area contributed by atoms with Crippen molar-refractivity contribution in [2.45, 2.75) is 25.5 Å². The summed E-state index contributed by atoms with van der Waals surface area (Å²) in [5.41, 5.74) is 5.66. The molecule has 1 amide bonds. The average Bonchev–Trinajstić information content (AvgIpc) is 2.65. The van der Waals surface area contributed by atoms with Crippen molar-refractivity contribution in [3.63, 3.8) is 0 Å². The van der Waals surface area contributed by atoms with Crippen LogP contribution in [0.25, 0.3) is 0 Å². The lowest BCUT2D eigenvalue weighted by molar-refractivity contribution is 0.0861. The van der Waals surface area contributed by atoms with Gasteiger partial charge in [-0.1, -0.05) is 0 Å². The van der Waals surface area contributed by atoms with Crippen molar-refractivity contribution in [2.24, 2.45) is 0 Å². The van der Waals surface area contributed by atoms with Crippen LogP contribution in [0.15, 0.2) is 12.1 Å². The molecule has 16 heavy (non-hydrogen) atoms. The first kappa shape index (κ1) is 10.8. The Morgan fingerprint density at radius 1 is 1.56 bits per heavy atom. The van der Waals surface area contributed by atoms with Gasteiger partial charge in [0.1, 0.15) is 5.82 Å². The zero-order valence-corrected chi connectivity index (χ0v) is 9.01. The van der Waals surface area contributed by atoms with Crippen LogP contribution in [-0.2, 0) is 4.74 Å². The Morgan fingerprint density at radius 2 is 2.38 bits per heavy atom. The molecule has 6 nitrogen and oxygen atoms in total. The van der Waals surface area contributed by atoms with Crippen LogP contribution in [0.5, 0.6) is 0 Å². The summed E-state index contributed by atoms with van der Waals surface area (Å²) in [7, 11) is 0. The van der Waals surface area contributed by atoms with E-state index in [1.54, 1.807) is 12.1 Å². The van der Waals surface area contributed by atoms with Gasteiger partial charge in [0.2, 0.25) is 0 Å². The summed E-state index contributed by atoms with van der Waals surface area (Å²) >= 11 is 0. The van der Waals surface area contributed by atoms with Crippen LogP contribution in [0.2, 0.25) is 0 Å². The molecule has 0 aliphatic carbocycles. The van der Waals surface area contributed by atoms with Gasteiger partial charge >= 0.3 is 0 Å². The Kier molecular flexibility index (Phi) is 3.00. The van der Waals surface area contributed by atoms with Gasteiger partial charge in [-0.15, -0.1) is 10.2 Å². The predicted octanol–water partition coefficient (Wildman–Crippen LogP) is -0.0340. The monoisotopic (exact) mass is 222 g/mol. The summed E-state index contributed by atoms with van der Waals surface area (Å²) in [6.07, 6.45) is 0.876. The van der Waals surface area contributed by atoms with E-state index >= 15 is 0 Å². The molecule has 0 radical (unpaired) electrons. The van der Waals surface area contributed by atoms with Crippen molar-refractivity contribution in [3.05, 3.63) is 17.8 Å². The molecular formula is C10H14N4O2. The highest BCUT2D eigenvalue weighted by Gasteiger charge is 2.26. The average molecular weight is 222 g/mol. The van der Waals surface area contributed by atoms with Gasteiger partial charge in [-0.25, -0.2) is 0 Å². The van der Waals surface area contributed by atoms with Gasteiger partial charge in [0.05, 0.1) is 12.1 Å². The summed E-state index contributed by atoms with van der Waals surface area (Å²) in [4.78, 5) is 11.7. The Balaban J connectivity index is 2.00.